The molecule has 0 aromatic heterocycles. The average Bonchev–Trinajstić information content (AvgIpc) is 3.01. The minimum atomic E-state index is -1.43. The summed E-state index contributed by atoms with van der Waals surface area (Å²) in [4.78, 5) is 49.0. The van der Waals surface area contributed by atoms with Crippen LogP contribution >= 0.6 is 0 Å². The molecule has 0 bridgehead atoms. The molecule has 28 heavy (non-hydrogen) atoms. The highest BCUT2D eigenvalue weighted by Crippen LogP contribution is 2.25. The maximum atomic E-state index is 13.1. The lowest BCUT2D eigenvalue weighted by Gasteiger charge is -2.22. The summed E-state index contributed by atoms with van der Waals surface area (Å²) in [5.41, 5.74) is 0.493. The van der Waals surface area contributed by atoms with E-state index in [9.17, 15) is 28.7 Å². The lowest BCUT2D eigenvalue weighted by molar-refractivity contribution is -0.304. The van der Waals surface area contributed by atoms with Gasteiger partial charge in [0.1, 0.15) is 11.9 Å². The summed E-state index contributed by atoms with van der Waals surface area (Å²) in [5, 5.41) is 15.3. The molecule has 0 saturated carbocycles. The van der Waals surface area contributed by atoms with E-state index in [1.807, 2.05) is 13.8 Å². The fourth-order valence-corrected chi connectivity index (χ4v) is 3.03. The van der Waals surface area contributed by atoms with Crippen LogP contribution in [0.4, 0.5) is 10.1 Å². The minimum Gasteiger partial charge on any atom is -0.548 e. The van der Waals surface area contributed by atoms with Crippen molar-refractivity contribution in [1.29, 1.82) is 0 Å². The maximum absolute atomic E-state index is 13.1. The number of carbonyl (C=O) groups is 4. The van der Waals surface area contributed by atoms with Crippen molar-refractivity contribution in [2.24, 2.45) is 11.8 Å². The smallest absolute Gasteiger partial charge is 0.242 e. The highest BCUT2D eigenvalue weighted by atomic mass is 19.1. The number of rotatable bonds is 8. The Morgan fingerprint density at radius 1 is 1.25 bits per heavy atom. The summed E-state index contributed by atoms with van der Waals surface area (Å²) in [6, 6.07) is 4.47. The van der Waals surface area contributed by atoms with Gasteiger partial charge in [0, 0.05) is 18.7 Å². The van der Waals surface area contributed by atoms with Gasteiger partial charge in [-0.1, -0.05) is 13.8 Å². The molecule has 3 amide bonds. The zero-order chi connectivity index (χ0) is 20.8. The standard InChI is InChI=1S/C19H24FN3O5/c1-11(2)7-15(19(28)21-9-17(25)26)22-18(27)12-8-16(24)23(10-12)14-5-3-13(20)4-6-14/h3-6,11-12,15H,7-10H2,1-2H3,(H,21,28)(H,22,27)(H,25,26)/p-1/t12-,15+/m1/s1. The molecule has 2 N–H and O–H groups in total. The van der Waals surface area contributed by atoms with Gasteiger partial charge in [-0.05, 0) is 36.6 Å². The molecule has 1 fully saturated rings. The Hall–Kier alpha value is -2.97. The highest BCUT2D eigenvalue weighted by Gasteiger charge is 2.36. The molecule has 152 valence electrons. The third kappa shape index (κ3) is 5.77. The normalized spacial score (nSPS) is 17.5. The zero-order valence-corrected chi connectivity index (χ0v) is 15.7. The van der Waals surface area contributed by atoms with Crippen molar-refractivity contribution in [3.63, 3.8) is 0 Å². The summed E-state index contributed by atoms with van der Waals surface area (Å²) in [5.74, 6) is -3.81. The fraction of sp³-hybridized carbons (Fsp3) is 0.474. The summed E-state index contributed by atoms with van der Waals surface area (Å²) in [6.45, 7) is 3.19. The molecule has 0 radical (unpaired) electrons. The molecule has 0 aliphatic carbocycles. The van der Waals surface area contributed by atoms with Crippen LogP contribution in [-0.2, 0) is 19.2 Å². The predicted molar refractivity (Wildman–Crippen MR) is 96.3 cm³/mol. The fourth-order valence-electron chi connectivity index (χ4n) is 3.03. The molecule has 2 atom stereocenters. The van der Waals surface area contributed by atoms with Gasteiger partial charge in [-0.15, -0.1) is 0 Å². The van der Waals surface area contributed by atoms with Crippen molar-refractivity contribution in [2.45, 2.75) is 32.7 Å². The number of hydrogen-bond donors (Lipinski definition) is 2. The molecule has 1 aromatic carbocycles. The van der Waals surface area contributed by atoms with Gasteiger partial charge in [0.05, 0.1) is 18.4 Å². The first kappa shape index (κ1) is 21.3. The molecular formula is C19H23FN3O5-. The number of carbonyl (C=O) groups excluding carboxylic acids is 4. The van der Waals surface area contributed by atoms with Crippen molar-refractivity contribution in [1.82, 2.24) is 10.6 Å². The first-order valence-electron chi connectivity index (χ1n) is 9.01. The van der Waals surface area contributed by atoms with Crippen molar-refractivity contribution < 1.29 is 28.7 Å². The van der Waals surface area contributed by atoms with Gasteiger partial charge in [-0.2, -0.15) is 0 Å². The third-order valence-corrected chi connectivity index (χ3v) is 4.38. The quantitative estimate of drug-likeness (QED) is 0.623. The second-order valence-electron chi connectivity index (χ2n) is 7.16. The van der Waals surface area contributed by atoms with Gasteiger partial charge in [-0.3, -0.25) is 14.4 Å². The Morgan fingerprint density at radius 2 is 1.89 bits per heavy atom. The Balaban J connectivity index is 2.02. The van der Waals surface area contributed by atoms with Gasteiger partial charge in [0.2, 0.25) is 17.7 Å². The van der Waals surface area contributed by atoms with Crippen LogP contribution in [-0.4, -0.2) is 42.8 Å². The van der Waals surface area contributed by atoms with Crippen molar-refractivity contribution >= 4 is 29.4 Å². The van der Waals surface area contributed by atoms with E-state index in [0.717, 1.165) is 0 Å². The molecule has 1 aliphatic heterocycles. The number of hydrogen-bond acceptors (Lipinski definition) is 5. The maximum Gasteiger partial charge on any atom is 0.242 e. The summed E-state index contributed by atoms with van der Waals surface area (Å²) in [7, 11) is 0. The number of halogens is 1. The topological polar surface area (TPSA) is 119 Å². The summed E-state index contributed by atoms with van der Waals surface area (Å²) in [6.07, 6.45) is 0.283. The van der Waals surface area contributed by atoms with Crippen molar-refractivity contribution in [3.05, 3.63) is 30.1 Å². The number of amides is 3. The van der Waals surface area contributed by atoms with Crippen LogP contribution in [0.25, 0.3) is 0 Å². The van der Waals surface area contributed by atoms with Gasteiger partial charge >= 0.3 is 0 Å². The first-order chi connectivity index (χ1) is 13.2. The lowest BCUT2D eigenvalue weighted by Crippen LogP contribution is -2.51. The van der Waals surface area contributed by atoms with E-state index in [0.29, 0.717) is 12.1 Å². The van der Waals surface area contributed by atoms with E-state index < -0.39 is 42.1 Å². The third-order valence-electron chi connectivity index (χ3n) is 4.38. The average molecular weight is 392 g/mol. The van der Waals surface area contributed by atoms with E-state index in [2.05, 4.69) is 10.6 Å². The van der Waals surface area contributed by atoms with Crippen molar-refractivity contribution in [2.75, 3.05) is 18.0 Å². The van der Waals surface area contributed by atoms with Crippen LogP contribution in [0.5, 0.6) is 0 Å². The van der Waals surface area contributed by atoms with Gasteiger partial charge in [-0.25, -0.2) is 4.39 Å². The molecule has 1 aromatic rings. The van der Waals surface area contributed by atoms with Crippen molar-refractivity contribution in [3.8, 4) is 0 Å². The van der Waals surface area contributed by atoms with E-state index in [1.54, 1.807) is 0 Å². The Kier molecular flexibility index (Phi) is 7.08. The highest BCUT2D eigenvalue weighted by molar-refractivity contribution is 6.01. The second kappa shape index (κ2) is 9.29. The number of nitrogens with one attached hydrogen (secondary N) is 2. The largest absolute Gasteiger partial charge is 0.548 e. The number of aliphatic carboxylic acids is 1. The molecule has 1 aliphatic rings. The second-order valence-corrected chi connectivity index (χ2v) is 7.16. The van der Waals surface area contributed by atoms with Crippen LogP contribution in [0.15, 0.2) is 24.3 Å². The van der Waals surface area contributed by atoms with Gasteiger partial charge in [0.25, 0.3) is 0 Å². The molecule has 0 spiro atoms. The van der Waals surface area contributed by atoms with Crippen LogP contribution < -0.4 is 20.6 Å². The molecule has 1 saturated heterocycles. The minimum absolute atomic E-state index is 0.0295. The number of nitrogens with zero attached hydrogens (tertiary/aromatic N) is 1. The lowest BCUT2D eigenvalue weighted by atomic mass is 10.0. The molecule has 8 nitrogen and oxygen atoms in total. The molecule has 2 rings (SSSR count). The number of anilines is 1. The van der Waals surface area contributed by atoms with E-state index in [-0.39, 0.29) is 24.8 Å². The van der Waals surface area contributed by atoms with Crippen LogP contribution in [0.2, 0.25) is 0 Å². The SMILES string of the molecule is CC(C)C[C@H](NC(=O)[C@@H]1CC(=O)N(c2ccc(F)cc2)C1)C(=O)NCC(=O)[O-]. The predicted octanol–water partition coefficient (Wildman–Crippen LogP) is -0.424. The molecule has 9 heteroatoms. The van der Waals surface area contributed by atoms with Crippen LogP contribution in [0, 0.1) is 17.7 Å². The van der Waals surface area contributed by atoms with E-state index in [1.165, 1.54) is 29.2 Å². The van der Waals surface area contributed by atoms with Gasteiger partial charge in [0.15, 0.2) is 0 Å². The molecule has 0 unspecified atom stereocenters. The van der Waals surface area contributed by atoms with E-state index in [4.69, 9.17) is 0 Å². The monoisotopic (exact) mass is 392 g/mol. The number of carboxylic acids is 1. The summed E-state index contributed by atoms with van der Waals surface area (Å²) < 4.78 is 13.1. The Labute approximate surface area is 162 Å². The number of benzene rings is 1. The first-order valence-corrected chi connectivity index (χ1v) is 9.01. The van der Waals surface area contributed by atoms with Crippen LogP contribution in [0.3, 0.4) is 0 Å². The zero-order valence-electron chi connectivity index (χ0n) is 15.7. The number of carboxylic acid groups (broad SMARTS) is 1. The Bertz CT molecular complexity index is 750. The molecular weight excluding hydrogens is 369 g/mol. The summed E-state index contributed by atoms with van der Waals surface area (Å²) >= 11 is 0. The van der Waals surface area contributed by atoms with Crippen LogP contribution in [0.1, 0.15) is 26.7 Å². The van der Waals surface area contributed by atoms with Gasteiger partial charge < -0.3 is 25.4 Å². The Morgan fingerprint density at radius 3 is 2.46 bits per heavy atom. The molecule has 1 heterocycles. The van der Waals surface area contributed by atoms with E-state index >= 15 is 0 Å².